The maximum absolute atomic E-state index is 13.5. The molecule has 0 saturated carbocycles. The van der Waals surface area contributed by atoms with Crippen molar-refractivity contribution in [3.05, 3.63) is 65.0 Å². The van der Waals surface area contributed by atoms with Gasteiger partial charge in [0.15, 0.2) is 24.1 Å². The summed E-state index contributed by atoms with van der Waals surface area (Å²) in [6.45, 7) is -0.414. The fourth-order valence-corrected chi connectivity index (χ4v) is 1.98. The van der Waals surface area contributed by atoms with Crippen LogP contribution < -0.4 is 5.32 Å². The number of carbonyl (C=O) groups is 2. The van der Waals surface area contributed by atoms with E-state index in [0.717, 1.165) is 11.6 Å². The Morgan fingerprint density at radius 1 is 1.08 bits per heavy atom. The zero-order chi connectivity index (χ0) is 18.4. The van der Waals surface area contributed by atoms with E-state index >= 15 is 0 Å². The van der Waals surface area contributed by atoms with Crippen molar-refractivity contribution in [2.45, 2.75) is 6.61 Å². The van der Waals surface area contributed by atoms with Crippen LogP contribution in [0.2, 0.25) is 0 Å². The Balaban J connectivity index is 1.95. The first-order chi connectivity index (χ1) is 11.9. The van der Waals surface area contributed by atoms with E-state index in [1.807, 2.05) is 5.32 Å². The van der Waals surface area contributed by atoms with Gasteiger partial charge >= 0.3 is 5.97 Å². The lowest BCUT2D eigenvalue weighted by Crippen LogP contribution is -2.21. The molecule has 5 nitrogen and oxygen atoms in total. The third-order valence-electron chi connectivity index (χ3n) is 3.12. The number of carbonyl (C=O) groups excluding carboxylic acids is 2. The summed E-state index contributed by atoms with van der Waals surface area (Å²) in [5.74, 6) is -6.28. The van der Waals surface area contributed by atoms with Crippen molar-refractivity contribution in [1.29, 1.82) is 0 Å². The highest BCUT2D eigenvalue weighted by Gasteiger charge is 2.16. The second-order valence-corrected chi connectivity index (χ2v) is 4.98. The maximum atomic E-state index is 13.5. The minimum atomic E-state index is -1.70. The monoisotopic (exact) mass is 353 g/mol. The van der Waals surface area contributed by atoms with Crippen molar-refractivity contribution in [3.8, 4) is 0 Å². The Morgan fingerprint density at radius 3 is 2.56 bits per heavy atom. The molecule has 0 radical (unpaired) electrons. The Labute approximate surface area is 141 Å². The number of halogens is 3. The lowest BCUT2D eigenvalue weighted by Gasteiger charge is -2.08. The molecule has 0 heterocycles. The van der Waals surface area contributed by atoms with E-state index in [4.69, 9.17) is 9.47 Å². The molecule has 0 aliphatic rings. The van der Waals surface area contributed by atoms with Crippen LogP contribution in [0.15, 0.2) is 36.4 Å². The van der Waals surface area contributed by atoms with Crippen LogP contribution >= 0.6 is 0 Å². The van der Waals surface area contributed by atoms with E-state index < -0.39 is 41.6 Å². The molecule has 0 fully saturated rings. The van der Waals surface area contributed by atoms with Gasteiger partial charge in [0.2, 0.25) is 0 Å². The second-order valence-electron chi connectivity index (χ2n) is 4.98. The van der Waals surface area contributed by atoms with Crippen molar-refractivity contribution in [1.82, 2.24) is 0 Å². The van der Waals surface area contributed by atoms with Gasteiger partial charge < -0.3 is 14.8 Å². The summed E-state index contributed by atoms with van der Waals surface area (Å²) in [6, 6.07) is 7.94. The number of ether oxygens (including phenoxy) is 2. The largest absolute Gasteiger partial charge is 0.452 e. The van der Waals surface area contributed by atoms with E-state index in [-0.39, 0.29) is 5.56 Å². The normalized spacial score (nSPS) is 10.4. The number of esters is 1. The van der Waals surface area contributed by atoms with Crippen molar-refractivity contribution < 1.29 is 32.2 Å². The molecule has 0 spiro atoms. The van der Waals surface area contributed by atoms with Gasteiger partial charge in [-0.25, -0.2) is 18.0 Å². The van der Waals surface area contributed by atoms with Crippen LogP contribution in [-0.4, -0.2) is 25.6 Å². The first-order valence-electron chi connectivity index (χ1n) is 7.10. The van der Waals surface area contributed by atoms with E-state index in [1.165, 1.54) is 13.2 Å². The number of amides is 1. The number of rotatable bonds is 6. The number of benzene rings is 2. The van der Waals surface area contributed by atoms with Crippen molar-refractivity contribution in [3.63, 3.8) is 0 Å². The molecule has 1 amide bonds. The van der Waals surface area contributed by atoms with Crippen molar-refractivity contribution in [2.75, 3.05) is 19.0 Å². The Kier molecular flexibility index (Phi) is 6.13. The minimum absolute atomic E-state index is 0.210. The molecule has 0 saturated heterocycles. The van der Waals surface area contributed by atoms with Gasteiger partial charge in [-0.15, -0.1) is 0 Å². The van der Waals surface area contributed by atoms with Crippen LogP contribution in [0.4, 0.5) is 18.9 Å². The molecule has 2 aromatic carbocycles. The van der Waals surface area contributed by atoms with Crippen LogP contribution in [0.5, 0.6) is 0 Å². The summed E-state index contributed by atoms with van der Waals surface area (Å²) in [6.07, 6.45) is 0. The van der Waals surface area contributed by atoms with E-state index in [9.17, 15) is 22.8 Å². The molecular formula is C17H14F3NO4. The highest BCUT2D eigenvalue weighted by atomic mass is 19.2. The van der Waals surface area contributed by atoms with E-state index in [0.29, 0.717) is 12.7 Å². The number of hydrogen-bond acceptors (Lipinski definition) is 4. The van der Waals surface area contributed by atoms with Crippen LogP contribution in [0.3, 0.4) is 0 Å². The van der Waals surface area contributed by atoms with Gasteiger partial charge in [0.25, 0.3) is 5.91 Å². The summed E-state index contributed by atoms with van der Waals surface area (Å²) in [5, 5.41) is 2.00. The SMILES string of the molecule is COCc1cccc(C(=O)OCC(=O)Nc2ccc(F)c(F)c2F)c1. The van der Waals surface area contributed by atoms with Crippen LogP contribution in [0.1, 0.15) is 15.9 Å². The fraction of sp³-hybridized carbons (Fsp3) is 0.176. The van der Waals surface area contributed by atoms with Crippen molar-refractivity contribution >= 4 is 17.6 Å². The van der Waals surface area contributed by atoms with Gasteiger partial charge in [-0.3, -0.25) is 4.79 Å². The van der Waals surface area contributed by atoms with Crippen LogP contribution in [-0.2, 0) is 20.9 Å². The van der Waals surface area contributed by atoms with Crippen molar-refractivity contribution in [2.24, 2.45) is 0 Å². The second kappa shape index (κ2) is 8.29. The summed E-state index contributed by atoms with van der Waals surface area (Å²) in [7, 11) is 1.51. The first-order valence-corrected chi connectivity index (χ1v) is 7.10. The third kappa shape index (κ3) is 4.80. The summed E-state index contributed by atoms with van der Waals surface area (Å²) < 4.78 is 49.1. The zero-order valence-corrected chi connectivity index (χ0v) is 13.1. The van der Waals surface area contributed by atoms with Crippen LogP contribution in [0.25, 0.3) is 0 Å². The number of nitrogens with one attached hydrogen (secondary N) is 1. The minimum Gasteiger partial charge on any atom is -0.452 e. The van der Waals surface area contributed by atoms with Crippen LogP contribution in [0, 0.1) is 17.5 Å². The number of anilines is 1. The molecule has 25 heavy (non-hydrogen) atoms. The number of hydrogen-bond donors (Lipinski definition) is 1. The van der Waals surface area contributed by atoms with Gasteiger partial charge in [0.1, 0.15) is 0 Å². The fourth-order valence-electron chi connectivity index (χ4n) is 1.98. The molecule has 132 valence electrons. The number of methoxy groups -OCH3 is 1. The molecule has 0 bridgehead atoms. The van der Waals surface area contributed by atoms with Gasteiger partial charge in [-0.1, -0.05) is 12.1 Å². The highest BCUT2D eigenvalue weighted by molar-refractivity contribution is 5.95. The first kappa shape index (κ1) is 18.5. The smallest absolute Gasteiger partial charge is 0.338 e. The predicted octanol–water partition coefficient (Wildman–Crippen LogP) is 3.05. The molecule has 0 unspecified atom stereocenters. The zero-order valence-electron chi connectivity index (χ0n) is 13.1. The molecular weight excluding hydrogens is 339 g/mol. The van der Waals surface area contributed by atoms with Gasteiger partial charge in [-0.2, -0.15) is 0 Å². The van der Waals surface area contributed by atoms with Gasteiger partial charge in [0.05, 0.1) is 17.9 Å². The molecule has 8 heteroatoms. The molecule has 0 aliphatic heterocycles. The highest BCUT2D eigenvalue weighted by Crippen LogP contribution is 2.19. The lowest BCUT2D eigenvalue weighted by atomic mass is 10.1. The van der Waals surface area contributed by atoms with E-state index in [1.54, 1.807) is 18.2 Å². The molecule has 1 N–H and O–H groups in total. The molecule has 2 rings (SSSR count). The molecule has 0 aromatic heterocycles. The summed E-state index contributed by atoms with van der Waals surface area (Å²) in [4.78, 5) is 23.6. The van der Waals surface area contributed by atoms with E-state index in [2.05, 4.69) is 0 Å². The molecule has 0 aliphatic carbocycles. The standard InChI is InChI=1S/C17H14F3NO4/c1-24-8-10-3-2-4-11(7-10)17(23)25-9-14(22)21-13-6-5-12(18)15(19)16(13)20/h2-7H,8-9H2,1H3,(H,21,22). The average Bonchev–Trinajstić information content (AvgIpc) is 2.61. The van der Waals surface area contributed by atoms with Gasteiger partial charge in [0, 0.05) is 7.11 Å². The molecule has 0 atom stereocenters. The Hall–Kier alpha value is -2.87. The Bertz CT molecular complexity index is 795. The van der Waals surface area contributed by atoms with Gasteiger partial charge in [-0.05, 0) is 29.8 Å². The topological polar surface area (TPSA) is 64.6 Å². The lowest BCUT2D eigenvalue weighted by molar-refractivity contribution is -0.119. The average molecular weight is 353 g/mol. The predicted molar refractivity (Wildman–Crippen MR) is 82.4 cm³/mol. The quantitative estimate of drug-likeness (QED) is 0.640. The maximum Gasteiger partial charge on any atom is 0.338 e. The third-order valence-corrected chi connectivity index (χ3v) is 3.12. The Morgan fingerprint density at radius 2 is 1.84 bits per heavy atom. The summed E-state index contributed by atoms with van der Waals surface area (Å²) >= 11 is 0. The molecule has 2 aromatic rings. The summed E-state index contributed by atoms with van der Waals surface area (Å²) in [5.41, 5.74) is 0.397.